The number of hydrogen-bond donors (Lipinski definition) is 1. The number of unbranched alkanes of at least 4 members (excludes halogenated alkanes) is 2. The summed E-state index contributed by atoms with van der Waals surface area (Å²) >= 11 is 0. The van der Waals surface area contributed by atoms with E-state index >= 15 is 0 Å². The number of nitro groups is 2. The molecule has 1 atom stereocenters. The summed E-state index contributed by atoms with van der Waals surface area (Å²) in [6, 6.07) is 2.57. The van der Waals surface area contributed by atoms with Gasteiger partial charge in [-0.1, -0.05) is 39.2 Å². The van der Waals surface area contributed by atoms with E-state index in [9.17, 15) is 30.1 Å². The number of aliphatic carboxylic acids is 1. The Labute approximate surface area is 151 Å². The van der Waals surface area contributed by atoms with Crippen molar-refractivity contribution in [2.24, 2.45) is 0 Å². The average molecular weight is 364 g/mol. The number of hydrogen-bond acceptors (Lipinski definition) is 5. The maximum Gasteiger partial charge on any atom is 0.336 e. The number of carboxylic acid groups (broad SMARTS) is 1. The molecule has 0 bridgehead atoms. The number of benzene rings is 1. The summed E-state index contributed by atoms with van der Waals surface area (Å²) in [4.78, 5) is 33.0. The molecular weight excluding hydrogens is 340 g/mol. The zero-order valence-corrected chi connectivity index (χ0v) is 15.2. The molecule has 0 saturated heterocycles. The molecule has 0 amide bonds. The molecule has 0 aromatic heterocycles. The first-order chi connectivity index (χ1) is 12.3. The van der Waals surface area contributed by atoms with Crippen molar-refractivity contribution in [1.82, 2.24) is 0 Å². The maximum absolute atomic E-state index is 11.5. The van der Waals surface area contributed by atoms with Crippen LogP contribution in [0.2, 0.25) is 0 Å². The Bertz CT molecular complexity index is 691. The fourth-order valence-corrected chi connectivity index (χ4v) is 3.05. The van der Waals surface area contributed by atoms with Crippen molar-refractivity contribution in [3.8, 4) is 0 Å². The molecule has 0 aliphatic carbocycles. The Morgan fingerprint density at radius 2 is 1.69 bits per heavy atom. The molecule has 1 N–H and O–H groups in total. The van der Waals surface area contributed by atoms with Crippen LogP contribution in [0.4, 0.5) is 11.4 Å². The van der Waals surface area contributed by atoms with E-state index in [0.29, 0.717) is 12.0 Å². The Morgan fingerprint density at radius 1 is 1.15 bits per heavy atom. The molecule has 142 valence electrons. The van der Waals surface area contributed by atoms with Gasteiger partial charge in [0.25, 0.3) is 11.4 Å². The van der Waals surface area contributed by atoms with Crippen molar-refractivity contribution in [2.45, 2.75) is 58.8 Å². The summed E-state index contributed by atoms with van der Waals surface area (Å²) in [5.74, 6) is -1.49. The molecule has 0 aliphatic rings. The quantitative estimate of drug-likeness (QED) is 0.268. The lowest BCUT2D eigenvalue weighted by atomic mass is 9.88. The summed E-state index contributed by atoms with van der Waals surface area (Å²) < 4.78 is 0. The molecule has 26 heavy (non-hydrogen) atoms. The standard InChI is InChI=1S/C18H24N2O6/c1-4-7-8-9-12(5-2)13-10-15(19(23)24)17(14(6-3)18(21)22)16(11-13)20(25)26/h6,10-12H,4-5,7-9H2,1-3H3,(H,21,22). The molecule has 8 nitrogen and oxygen atoms in total. The number of carbonyl (C=O) groups is 1. The van der Waals surface area contributed by atoms with E-state index in [0.717, 1.165) is 31.8 Å². The normalized spacial score (nSPS) is 12.7. The fourth-order valence-electron chi connectivity index (χ4n) is 3.05. The second-order valence-corrected chi connectivity index (χ2v) is 6.06. The lowest BCUT2D eigenvalue weighted by molar-refractivity contribution is -0.394. The van der Waals surface area contributed by atoms with Crippen LogP contribution in [0.15, 0.2) is 18.2 Å². The minimum atomic E-state index is -1.44. The van der Waals surface area contributed by atoms with E-state index in [1.54, 1.807) is 0 Å². The Balaban J connectivity index is 3.62. The van der Waals surface area contributed by atoms with Crippen molar-refractivity contribution >= 4 is 22.9 Å². The highest BCUT2D eigenvalue weighted by Crippen LogP contribution is 2.39. The molecule has 0 spiro atoms. The van der Waals surface area contributed by atoms with Gasteiger partial charge in [0, 0.05) is 12.1 Å². The molecular formula is C18H24N2O6. The lowest BCUT2D eigenvalue weighted by Crippen LogP contribution is -2.09. The zero-order chi connectivity index (χ0) is 19.9. The van der Waals surface area contributed by atoms with E-state index in [1.807, 2.05) is 6.92 Å². The van der Waals surface area contributed by atoms with Crippen LogP contribution < -0.4 is 0 Å². The third-order valence-corrected chi connectivity index (χ3v) is 4.42. The van der Waals surface area contributed by atoms with Crippen molar-refractivity contribution in [1.29, 1.82) is 0 Å². The minimum Gasteiger partial charge on any atom is -0.478 e. The van der Waals surface area contributed by atoms with Crippen LogP contribution in [0.3, 0.4) is 0 Å². The summed E-state index contributed by atoms with van der Waals surface area (Å²) in [5.41, 5.74) is -1.49. The van der Waals surface area contributed by atoms with Gasteiger partial charge in [0.2, 0.25) is 0 Å². The number of nitrogens with zero attached hydrogens (tertiary/aromatic N) is 2. The average Bonchev–Trinajstić information content (AvgIpc) is 2.58. The van der Waals surface area contributed by atoms with Crippen LogP contribution in [0.25, 0.3) is 5.57 Å². The van der Waals surface area contributed by atoms with E-state index in [1.165, 1.54) is 19.1 Å². The van der Waals surface area contributed by atoms with Crippen LogP contribution in [0.5, 0.6) is 0 Å². The van der Waals surface area contributed by atoms with E-state index < -0.39 is 38.3 Å². The third-order valence-electron chi connectivity index (χ3n) is 4.42. The van der Waals surface area contributed by atoms with E-state index in [-0.39, 0.29) is 5.92 Å². The molecule has 1 aromatic carbocycles. The van der Waals surface area contributed by atoms with Gasteiger partial charge in [0.05, 0.1) is 15.4 Å². The molecule has 0 heterocycles. The van der Waals surface area contributed by atoms with Crippen LogP contribution in [0, 0.1) is 20.2 Å². The summed E-state index contributed by atoms with van der Waals surface area (Å²) in [7, 11) is 0. The first kappa shape index (κ1) is 21.3. The van der Waals surface area contributed by atoms with Crippen LogP contribution in [0.1, 0.15) is 69.9 Å². The fraction of sp³-hybridized carbons (Fsp3) is 0.500. The van der Waals surface area contributed by atoms with Crippen molar-refractivity contribution in [2.75, 3.05) is 0 Å². The predicted octanol–water partition coefficient (Wildman–Crippen LogP) is 5.06. The molecule has 0 saturated carbocycles. The van der Waals surface area contributed by atoms with Crippen molar-refractivity contribution in [3.05, 3.63) is 49.6 Å². The third kappa shape index (κ3) is 4.87. The lowest BCUT2D eigenvalue weighted by Gasteiger charge is -2.16. The van der Waals surface area contributed by atoms with Crippen LogP contribution >= 0.6 is 0 Å². The van der Waals surface area contributed by atoms with Gasteiger partial charge in [-0.2, -0.15) is 0 Å². The van der Waals surface area contributed by atoms with Gasteiger partial charge in [-0.25, -0.2) is 4.79 Å². The first-order valence-corrected chi connectivity index (χ1v) is 8.65. The highest BCUT2D eigenvalue weighted by Gasteiger charge is 2.33. The summed E-state index contributed by atoms with van der Waals surface area (Å²) in [6.07, 6.45) is 5.56. The Morgan fingerprint density at radius 3 is 2.04 bits per heavy atom. The second kappa shape index (κ2) is 9.65. The first-order valence-electron chi connectivity index (χ1n) is 8.65. The second-order valence-electron chi connectivity index (χ2n) is 6.06. The number of allylic oxidation sites excluding steroid dienone is 1. The zero-order valence-electron chi connectivity index (χ0n) is 15.2. The minimum absolute atomic E-state index is 0.0492. The molecule has 0 fully saturated rings. The van der Waals surface area contributed by atoms with Crippen molar-refractivity contribution in [3.63, 3.8) is 0 Å². The van der Waals surface area contributed by atoms with Gasteiger partial charge >= 0.3 is 5.97 Å². The highest BCUT2D eigenvalue weighted by molar-refractivity contribution is 6.18. The molecule has 1 unspecified atom stereocenters. The molecule has 8 heteroatoms. The monoisotopic (exact) mass is 364 g/mol. The maximum atomic E-state index is 11.5. The smallest absolute Gasteiger partial charge is 0.336 e. The molecule has 0 radical (unpaired) electrons. The van der Waals surface area contributed by atoms with Crippen molar-refractivity contribution < 1.29 is 19.7 Å². The molecule has 1 rings (SSSR count). The molecule has 1 aromatic rings. The Kier molecular flexibility index (Phi) is 7.89. The van der Waals surface area contributed by atoms with Gasteiger partial charge in [-0.3, -0.25) is 20.2 Å². The Hall–Kier alpha value is -2.77. The number of nitro benzene ring substituents is 2. The summed E-state index contributed by atoms with van der Waals surface area (Å²) in [6.45, 7) is 5.37. The van der Waals surface area contributed by atoms with Gasteiger partial charge in [0.15, 0.2) is 0 Å². The predicted molar refractivity (Wildman–Crippen MR) is 98.2 cm³/mol. The van der Waals surface area contributed by atoms with Gasteiger partial charge in [-0.15, -0.1) is 0 Å². The topological polar surface area (TPSA) is 124 Å². The van der Waals surface area contributed by atoms with Gasteiger partial charge < -0.3 is 5.11 Å². The van der Waals surface area contributed by atoms with E-state index in [4.69, 9.17) is 0 Å². The largest absolute Gasteiger partial charge is 0.478 e. The van der Waals surface area contributed by atoms with E-state index in [2.05, 4.69) is 6.92 Å². The highest BCUT2D eigenvalue weighted by atomic mass is 16.6. The number of rotatable bonds is 10. The van der Waals surface area contributed by atoms with Gasteiger partial charge in [-0.05, 0) is 31.2 Å². The van der Waals surface area contributed by atoms with Crippen LogP contribution in [-0.2, 0) is 4.79 Å². The molecule has 0 aliphatic heterocycles. The SMILES string of the molecule is CC=C(C(=O)O)c1c([N+](=O)[O-])cc(C(CC)CCCCC)cc1[N+](=O)[O-]. The number of carboxylic acids is 1. The van der Waals surface area contributed by atoms with Gasteiger partial charge in [0.1, 0.15) is 5.56 Å². The van der Waals surface area contributed by atoms with Crippen LogP contribution in [-0.4, -0.2) is 20.9 Å². The summed E-state index contributed by atoms with van der Waals surface area (Å²) in [5, 5.41) is 32.3.